The van der Waals surface area contributed by atoms with Gasteiger partial charge in [0.1, 0.15) is 0 Å². The zero-order chi connectivity index (χ0) is 9.68. The summed E-state index contributed by atoms with van der Waals surface area (Å²) >= 11 is 0. The molecule has 0 aromatic carbocycles. The number of carbonyl (C=O) groups excluding carboxylic acids is 1. The monoisotopic (exact) mass is 185 g/mol. The molecule has 4 heteroatoms. The van der Waals surface area contributed by atoms with Crippen molar-refractivity contribution in [3.63, 3.8) is 0 Å². The van der Waals surface area contributed by atoms with E-state index < -0.39 is 0 Å². The molecule has 0 bridgehead atoms. The second kappa shape index (κ2) is 4.87. The number of nitrogens with zero attached hydrogens (tertiary/aromatic N) is 1. The van der Waals surface area contributed by atoms with Crippen LogP contribution in [-0.2, 0) is 9.47 Å². The highest BCUT2D eigenvalue weighted by atomic mass is 16.5. The van der Waals surface area contributed by atoms with E-state index in [1.807, 2.05) is 6.08 Å². The summed E-state index contributed by atoms with van der Waals surface area (Å²) < 4.78 is 9.61. The molecule has 0 saturated heterocycles. The van der Waals surface area contributed by atoms with Crippen molar-refractivity contribution in [1.82, 2.24) is 4.90 Å². The van der Waals surface area contributed by atoms with Gasteiger partial charge in [0, 0.05) is 20.2 Å². The first kappa shape index (κ1) is 10.1. The van der Waals surface area contributed by atoms with E-state index >= 15 is 0 Å². The van der Waals surface area contributed by atoms with Crippen molar-refractivity contribution in [2.75, 3.05) is 33.9 Å². The third-order valence-electron chi connectivity index (χ3n) is 2.07. The molecule has 0 aromatic heterocycles. The maximum Gasteiger partial charge on any atom is 0.409 e. The number of carbonyl (C=O) groups is 1. The fourth-order valence-electron chi connectivity index (χ4n) is 1.32. The lowest BCUT2D eigenvalue weighted by molar-refractivity contribution is 0.125. The molecule has 1 heterocycles. The zero-order valence-corrected chi connectivity index (χ0v) is 8.08. The topological polar surface area (TPSA) is 38.8 Å². The molecule has 74 valence electrons. The van der Waals surface area contributed by atoms with Crippen LogP contribution in [0.1, 0.15) is 6.42 Å². The number of hydrogen-bond acceptors (Lipinski definition) is 3. The third kappa shape index (κ3) is 2.73. The van der Waals surface area contributed by atoms with E-state index in [0.717, 1.165) is 13.0 Å². The molecule has 0 N–H and O–H groups in total. The maximum atomic E-state index is 11.1. The highest BCUT2D eigenvalue weighted by Gasteiger charge is 2.16. The van der Waals surface area contributed by atoms with E-state index in [1.165, 1.54) is 12.7 Å². The summed E-state index contributed by atoms with van der Waals surface area (Å²) in [5.41, 5.74) is 1.25. The van der Waals surface area contributed by atoms with Crippen molar-refractivity contribution in [2.45, 2.75) is 6.42 Å². The van der Waals surface area contributed by atoms with Crippen LogP contribution in [0.4, 0.5) is 4.79 Å². The van der Waals surface area contributed by atoms with Gasteiger partial charge in [0.15, 0.2) is 0 Å². The minimum atomic E-state index is -0.257. The molecule has 0 aromatic rings. The predicted molar refractivity (Wildman–Crippen MR) is 48.6 cm³/mol. The van der Waals surface area contributed by atoms with Gasteiger partial charge in [-0.1, -0.05) is 6.08 Å². The highest BCUT2D eigenvalue weighted by molar-refractivity contribution is 5.67. The Morgan fingerprint density at radius 3 is 2.85 bits per heavy atom. The molecule has 0 atom stereocenters. The minimum absolute atomic E-state index is 0.257. The van der Waals surface area contributed by atoms with Crippen LogP contribution in [0.2, 0.25) is 0 Å². The predicted octanol–water partition coefficient (Wildman–Crippen LogP) is 1.03. The van der Waals surface area contributed by atoms with Crippen molar-refractivity contribution >= 4 is 6.09 Å². The van der Waals surface area contributed by atoms with E-state index in [4.69, 9.17) is 4.74 Å². The van der Waals surface area contributed by atoms with Gasteiger partial charge in [-0.25, -0.2) is 4.79 Å². The Hall–Kier alpha value is -1.03. The van der Waals surface area contributed by atoms with Crippen LogP contribution < -0.4 is 0 Å². The largest absolute Gasteiger partial charge is 0.453 e. The number of hydrogen-bond donors (Lipinski definition) is 0. The summed E-state index contributed by atoms with van der Waals surface area (Å²) in [5.74, 6) is 0. The van der Waals surface area contributed by atoms with Crippen LogP contribution >= 0.6 is 0 Å². The molecule has 4 nitrogen and oxygen atoms in total. The molecule has 13 heavy (non-hydrogen) atoms. The average molecular weight is 185 g/mol. The van der Waals surface area contributed by atoms with E-state index in [9.17, 15) is 4.79 Å². The first-order chi connectivity index (χ1) is 6.27. The fourth-order valence-corrected chi connectivity index (χ4v) is 1.32. The maximum absolute atomic E-state index is 11.1. The average Bonchev–Trinajstić information content (AvgIpc) is 2.18. The summed E-state index contributed by atoms with van der Waals surface area (Å²) in [4.78, 5) is 12.7. The van der Waals surface area contributed by atoms with Crippen LogP contribution in [-0.4, -0.2) is 44.9 Å². The van der Waals surface area contributed by atoms with Crippen molar-refractivity contribution in [2.24, 2.45) is 0 Å². The Morgan fingerprint density at radius 2 is 2.38 bits per heavy atom. The van der Waals surface area contributed by atoms with E-state index in [-0.39, 0.29) is 6.09 Å². The number of amides is 1. The van der Waals surface area contributed by atoms with Gasteiger partial charge in [-0.15, -0.1) is 0 Å². The van der Waals surface area contributed by atoms with Gasteiger partial charge >= 0.3 is 6.09 Å². The summed E-state index contributed by atoms with van der Waals surface area (Å²) in [7, 11) is 3.07. The van der Waals surface area contributed by atoms with Crippen LogP contribution in [0.5, 0.6) is 0 Å². The minimum Gasteiger partial charge on any atom is -0.453 e. The van der Waals surface area contributed by atoms with Crippen molar-refractivity contribution in [1.29, 1.82) is 0 Å². The Labute approximate surface area is 78.1 Å². The molecule has 0 radical (unpaired) electrons. The summed E-state index contributed by atoms with van der Waals surface area (Å²) in [5, 5.41) is 0. The molecule has 0 unspecified atom stereocenters. The van der Waals surface area contributed by atoms with Gasteiger partial charge < -0.3 is 14.4 Å². The molecular formula is C9H15NO3. The highest BCUT2D eigenvalue weighted by Crippen LogP contribution is 2.11. The first-order valence-electron chi connectivity index (χ1n) is 4.27. The van der Waals surface area contributed by atoms with Gasteiger partial charge in [-0.05, 0) is 12.0 Å². The van der Waals surface area contributed by atoms with Gasteiger partial charge in [-0.2, -0.15) is 0 Å². The number of methoxy groups -OCH3 is 2. The van der Waals surface area contributed by atoms with Gasteiger partial charge in [-0.3, -0.25) is 0 Å². The van der Waals surface area contributed by atoms with Crippen LogP contribution in [0.3, 0.4) is 0 Å². The number of rotatable bonds is 2. The molecule has 1 aliphatic rings. The van der Waals surface area contributed by atoms with Crippen molar-refractivity contribution < 1.29 is 14.3 Å². The summed E-state index contributed by atoms with van der Waals surface area (Å²) in [6.45, 7) is 2.02. The first-order valence-corrected chi connectivity index (χ1v) is 4.27. The second-order valence-electron chi connectivity index (χ2n) is 2.96. The lowest BCUT2D eigenvalue weighted by Crippen LogP contribution is -2.35. The third-order valence-corrected chi connectivity index (χ3v) is 2.07. The van der Waals surface area contributed by atoms with E-state index in [0.29, 0.717) is 13.2 Å². The summed E-state index contributed by atoms with van der Waals surface area (Å²) in [6.07, 6.45) is 2.64. The molecule has 0 spiro atoms. The smallest absolute Gasteiger partial charge is 0.409 e. The van der Waals surface area contributed by atoms with Gasteiger partial charge in [0.25, 0.3) is 0 Å². The number of ether oxygens (including phenoxy) is 2. The Bertz CT molecular complexity index is 213. The normalized spacial score (nSPS) is 16.8. The second-order valence-corrected chi connectivity index (χ2v) is 2.96. The lowest BCUT2D eigenvalue weighted by atomic mass is 10.1. The van der Waals surface area contributed by atoms with Gasteiger partial charge in [0.2, 0.25) is 0 Å². The summed E-state index contributed by atoms with van der Waals surface area (Å²) in [6, 6.07) is 0. The molecule has 1 rings (SSSR count). The van der Waals surface area contributed by atoms with E-state index in [2.05, 4.69) is 4.74 Å². The molecule has 1 aliphatic heterocycles. The van der Waals surface area contributed by atoms with Crippen LogP contribution in [0.25, 0.3) is 0 Å². The zero-order valence-electron chi connectivity index (χ0n) is 8.08. The Morgan fingerprint density at radius 1 is 1.62 bits per heavy atom. The fraction of sp³-hybridized carbons (Fsp3) is 0.667. The van der Waals surface area contributed by atoms with E-state index in [1.54, 1.807) is 12.0 Å². The molecular weight excluding hydrogens is 170 g/mol. The molecule has 1 amide bonds. The Kier molecular flexibility index (Phi) is 3.76. The quantitative estimate of drug-likeness (QED) is 0.603. The van der Waals surface area contributed by atoms with Crippen molar-refractivity contribution in [3.05, 3.63) is 11.6 Å². The van der Waals surface area contributed by atoms with Crippen LogP contribution in [0, 0.1) is 0 Å². The van der Waals surface area contributed by atoms with Crippen molar-refractivity contribution in [3.8, 4) is 0 Å². The Balaban J connectivity index is 2.41. The SMILES string of the molecule is COCC1=CCN(C(=O)OC)CC1. The standard InChI is InChI=1S/C9H15NO3/c1-12-7-8-3-5-10(6-4-8)9(11)13-2/h3H,4-7H2,1-2H3. The van der Waals surface area contributed by atoms with Gasteiger partial charge in [0.05, 0.1) is 13.7 Å². The molecule has 0 aliphatic carbocycles. The molecule has 0 fully saturated rings. The molecule has 0 saturated carbocycles. The van der Waals surface area contributed by atoms with Crippen LogP contribution in [0.15, 0.2) is 11.6 Å². The lowest BCUT2D eigenvalue weighted by Gasteiger charge is -2.24.